The minimum absolute atomic E-state index is 0.0164. The molecule has 2 heterocycles. The van der Waals surface area contributed by atoms with E-state index in [-0.39, 0.29) is 11.6 Å². The third-order valence-corrected chi connectivity index (χ3v) is 6.58. The third-order valence-electron chi connectivity index (χ3n) is 6.58. The standard InChI is InChI=1S/C21H38N6O/c1-16(2)13-27-15-21(26(5)20(27)28)8-6-17(7-9-21)19-18(12-23-24-19)14-25(4)11-10-22-3/h12,16-17,22H,6-11,13-15H2,1-5H3,(H,23,24). The Hall–Kier alpha value is -1.60. The predicted molar refractivity (Wildman–Crippen MR) is 112 cm³/mol. The van der Waals surface area contributed by atoms with Gasteiger partial charge in [-0.3, -0.25) is 5.10 Å². The van der Waals surface area contributed by atoms with Crippen LogP contribution >= 0.6 is 0 Å². The van der Waals surface area contributed by atoms with Crippen LogP contribution in [-0.2, 0) is 6.54 Å². The van der Waals surface area contributed by atoms with Gasteiger partial charge in [0.15, 0.2) is 0 Å². The van der Waals surface area contributed by atoms with Crippen molar-refractivity contribution >= 4 is 6.03 Å². The Balaban J connectivity index is 1.62. The van der Waals surface area contributed by atoms with E-state index in [0.717, 1.165) is 58.4 Å². The van der Waals surface area contributed by atoms with Gasteiger partial charge in [-0.2, -0.15) is 5.10 Å². The van der Waals surface area contributed by atoms with Gasteiger partial charge in [0.1, 0.15) is 0 Å². The Morgan fingerprint density at radius 2 is 2.11 bits per heavy atom. The third kappa shape index (κ3) is 4.35. The lowest BCUT2D eigenvalue weighted by molar-refractivity contribution is 0.132. The average molecular weight is 391 g/mol. The average Bonchev–Trinajstić information content (AvgIpc) is 3.20. The zero-order valence-corrected chi connectivity index (χ0v) is 18.3. The minimum Gasteiger partial charge on any atom is -0.322 e. The molecule has 0 unspecified atom stereocenters. The van der Waals surface area contributed by atoms with E-state index in [9.17, 15) is 4.79 Å². The van der Waals surface area contributed by atoms with Gasteiger partial charge in [0.2, 0.25) is 0 Å². The van der Waals surface area contributed by atoms with Crippen molar-refractivity contribution in [1.29, 1.82) is 0 Å². The summed E-state index contributed by atoms with van der Waals surface area (Å²) in [4.78, 5) is 19.1. The van der Waals surface area contributed by atoms with Gasteiger partial charge in [0, 0.05) is 57.4 Å². The van der Waals surface area contributed by atoms with E-state index in [4.69, 9.17) is 0 Å². The summed E-state index contributed by atoms with van der Waals surface area (Å²) in [7, 11) is 6.15. The van der Waals surface area contributed by atoms with Gasteiger partial charge in [-0.15, -0.1) is 0 Å². The van der Waals surface area contributed by atoms with Crippen LogP contribution in [0.25, 0.3) is 0 Å². The van der Waals surface area contributed by atoms with Crippen molar-refractivity contribution < 1.29 is 4.79 Å². The number of carbonyl (C=O) groups is 1. The molecule has 2 fully saturated rings. The fraction of sp³-hybridized carbons (Fsp3) is 0.810. The van der Waals surface area contributed by atoms with Crippen LogP contribution in [0.15, 0.2) is 6.20 Å². The number of H-pyrrole nitrogens is 1. The Kier molecular flexibility index (Phi) is 6.65. The van der Waals surface area contributed by atoms with Crippen LogP contribution in [0.4, 0.5) is 4.79 Å². The van der Waals surface area contributed by atoms with Crippen LogP contribution in [0.5, 0.6) is 0 Å². The number of nitrogens with zero attached hydrogens (tertiary/aromatic N) is 4. The molecule has 7 nitrogen and oxygen atoms in total. The van der Waals surface area contributed by atoms with Crippen molar-refractivity contribution in [2.75, 3.05) is 47.3 Å². The maximum Gasteiger partial charge on any atom is 0.320 e. The first kappa shape index (κ1) is 21.1. The van der Waals surface area contributed by atoms with Crippen molar-refractivity contribution in [3.8, 4) is 0 Å². The highest BCUT2D eigenvalue weighted by molar-refractivity contribution is 5.78. The molecule has 1 aliphatic carbocycles. The lowest BCUT2D eigenvalue weighted by atomic mass is 9.74. The second kappa shape index (κ2) is 8.82. The van der Waals surface area contributed by atoms with Crippen molar-refractivity contribution in [3.63, 3.8) is 0 Å². The molecule has 1 saturated carbocycles. The molecule has 1 aromatic rings. The summed E-state index contributed by atoms with van der Waals surface area (Å²) in [5, 5.41) is 10.9. The molecule has 1 aliphatic heterocycles. The van der Waals surface area contributed by atoms with Gasteiger partial charge in [-0.25, -0.2) is 4.79 Å². The number of amides is 2. The van der Waals surface area contributed by atoms with Crippen molar-refractivity contribution in [2.24, 2.45) is 5.92 Å². The Morgan fingerprint density at radius 3 is 2.75 bits per heavy atom. The van der Waals surface area contributed by atoms with Crippen LogP contribution < -0.4 is 5.32 Å². The summed E-state index contributed by atoms with van der Waals surface area (Å²) in [6.45, 7) is 9.04. The molecule has 1 saturated heterocycles. The molecular formula is C21H38N6O. The second-order valence-electron chi connectivity index (χ2n) is 9.25. The summed E-state index contributed by atoms with van der Waals surface area (Å²) in [5.74, 6) is 1.00. The topological polar surface area (TPSA) is 67.5 Å². The molecule has 0 bridgehead atoms. The number of rotatable bonds is 8. The second-order valence-corrected chi connectivity index (χ2v) is 9.25. The zero-order valence-electron chi connectivity index (χ0n) is 18.3. The molecule has 2 aliphatic rings. The van der Waals surface area contributed by atoms with Gasteiger partial charge in [0.25, 0.3) is 0 Å². The number of likely N-dealkylation sites (N-methyl/N-ethyl adjacent to an activating group) is 3. The largest absolute Gasteiger partial charge is 0.322 e. The number of carbonyl (C=O) groups excluding carboxylic acids is 1. The van der Waals surface area contributed by atoms with E-state index in [2.05, 4.69) is 52.4 Å². The van der Waals surface area contributed by atoms with Crippen LogP contribution in [0.3, 0.4) is 0 Å². The molecular weight excluding hydrogens is 352 g/mol. The molecule has 2 N–H and O–H groups in total. The molecule has 28 heavy (non-hydrogen) atoms. The molecule has 0 atom stereocenters. The summed E-state index contributed by atoms with van der Waals surface area (Å²) in [6.07, 6.45) is 6.40. The van der Waals surface area contributed by atoms with E-state index in [1.54, 1.807) is 0 Å². The molecule has 0 aromatic carbocycles. The van der Waals surface area contributed by atoms with Crippen molar-refractivity contribution in [1.82, 2.24) is 30.2 Å². The predicted octanol–water partition coefficient (Wildman–Crippen LogP) is 2.48. The smallest absolute Gasteiger partial charge is 0.320 e. The van der Waals surface area contributed by atoms with Crippen LogP contribution in [0, 0.1) is 5.92 Å². The SMILES string of the molecule is CNCCN(C)Cc1c[nH]nc1C1CCC2(CC1)CN(CC(C)C)C(=O)N2C. The Bertz CT molecular complexity index is 649. The van der Waals surface area contributed by atoms with E-state index >= 15 is 0 Å². The van der Waals surface area contributed by atoms with Crippen molar-refractivity contribution in [2.45, 2.75) is 57.5 Å². The monoisotopic (exact) mass is 390 g/mol. The zero-order chi connectivity index (χ0) is 20.3. The molecule has 7 heteroatoms. The fourth-order valence-electron chi connectivity index (χ4n) is 4.93. The van der Waals surface area contributed by atoms with Crippen LogP contribution in [0.2, 0.25) is 0 Å². The number of aromatic amines is 1. The minimum atomic E-state index is 0.0164. The first-order valence-electron chi connectivity index (χ1n) is 10.7. The summed E-state index contributed by atoms with van der Waals surface area (Å²) in [6, 6.07) is 0.207. The van der Waals surface area contributed by atoms with Crippen LogP contribution in [-0.4, -0.2) is 83.8 Å². The first-order chi connectivity index (χ1) is 13.4. The van der Waals surface area contributed by atoms with E-state index in [1.165, 1.54) is 11.3 Å². The Labute approximate surface area is 169 Å². The maximum atomic E-state index is 12.7. The highest BCUT2D eigenvalue weighted by Crippen LogP contribution is 2.44. The van der Waals surface area contributed by atoms with Gasteiger partial charge < -0.3 is 20.0 Å². The number of urea groups is 1. The molecule has 0 radical (unpaired) electrons. The number of hydrogen-bond donors (Lipinski definition) is 2. The normalized spacial score (nSPS) is 25.7. The van der Waals surface area contributed by atoms with Crippen LogP contribution in [0.1, 0.15) is 56.7 Å². The summed E-state index contributed by atoms with van der Waals surface area (Å²) in [5.41, 5.74) is 2.57. The molecule has 3 rings (SSSR count). The lowest BCUT2D eigenvalue weighted by Crippen LogP contribution is -2.47. The molecule has 1 spiro atoms. The van der Waals surface area contributed by atoms with Crippen molar-refractivity contribution in [3.05, 3.63) is 17.5 Å². The number of hydrogen-bond acceptors (Lipinski definition) is 4. The lowest BCUT2D eigenvalue weighted by Gasteiger charge is -2.40. The molecule has 1 aromatic heterocycles. The number of aromatic nitrogens is 2. The molecule has 2 amide bonds. The van der Waals surface area contributed by atoms with Gasteiger partial charge >= 0.3 is 6.03 Å². The van der Waals surface area contributed by atoms with Gasteiger partial charge in [0.05, 0.1) is 11.2 Å². The van der Waals surface area contributed by atoms with Gasteiger partial charge in [-0.1, -0.05) is 13.8 Å². The summed E-state index contributed by atoms with van der Waals surface area (Å²) < 4.78 is 0. The highest BCUT2D eigenvalue weighted by atomic mass is 16.2. The molecule has 158 valence electrons. The first-order valence-corrected chi connectivity index (χ1v) is 10.7. The van der Waals surface area contributed by atoms with E-state index < -0.39 is 0 Å². The maximum absolute atomic E-state index is 12.7. The summed E-state index contributed by atoms with van der Waals surface area (Å²) >= 11 is 0. The number of nitrogens with one attached hydrogen (secondary N) is 2. The van der Waals surface area contributed by atoms with Gasteiger partial charge in [-0.05, 0) is 45.7 Å². The van der Waals surface area contributed by atoms with E-state index in [1.807, 2.05) is 19.0 Å². The van der Waals surface area contributed by atoms with E-state index in [0.29, 0.717) is 11.8 Å². The fourth-order valence-corrected chi connectivity index (χ4v) is 4.93. The Morgan fingerprint density at radius 1 is 1.39 bits per heavy atom. The highest BCUT2D eigenvalue weighted by Gasteiger charge is 2.49. The quantitative estimate of drug-likeness (QED) is 0.716.